The van der Waals surface area contributed by atoms with Crippen molar-refractivity contribution in [2.24, 2.45) is 0 Å². The Balaban J connectivity index is 1.81. The largest absolute Gasteiger partial charge is 0.369 e. The van der Waals surface area contributed by atoms with Gasteiger partial charge in [0.25, 0.3) is 5.56 Å². The normalized spacial score (nSPS) is 15.5. The van der Waals surface area contributed by atoms with Gasteiger partial charge in [-0.3, -0.25) is 9.59 Å². The minimum absolute atomic E-state index is 0.106. The van der Waals surface area contributed by atoms with Gasteiger partial charge in [0.05, 0.1) is 11.9 Å². The highest BCUT2D eigenvalue weighted by Gasteiger charge is 2.23. The first-order valence-electron chi connectivity index (χ1n) is 8.98. The van der Waals surface area contributed by atoms with E-state index in [-0.39, 0.29) is 10.9 Å². The minimum atomic E-state index is -0.805. The minimum Gasteiger partial charge on any atom is -0.369 e. The number of piperidine rings is 1. The molecule has 0 saturated carbocycles. The number of hydrogen-bond acceptors (Lipinski definition) is 4. The number of carbonyl (C=O) groups excluding carboxylic acids is 1. The molecule has 8 heteroatoms. The fourth-order valence-corrected chi connectivity index (χ4v) is 3.66. The standard InChI is InChI=1S/C19H22Cl2N4O2/c1-12-10-14(20)6-7-15(12)23-18(26)13(2)25-19(27)17(21)16(11-22-25)24-8-4-3-5-9-24/h6-7,10-11,13H,3-5,8-9H2,1-2H3,(H,23,26)/t13-/m1/s1. The van der Waals surface area contributed by atoms with Crippen molar-refractivity contribution in [3.8, 4) is 0 Å². The number of halogens is 2. The van der Waals surface area contributed by atoms with Crippen LogP contribution in [0.5, 0.6) is 0 Å². The van der Waals surface area contributed by atoms with Crippen molar-refractivity contribution in [3.05, 3.63) is 50.4 Å². The molecule has 1 aromatic carbocycles. The molecule has 2 aromatic rings. The third kappa shape index (κ3) is 4.28. The zero-order valence-corrected chi connectivity index (χ0v) is 16.8. The third-order valence-corrected chi connectivity index (χ3v) is 5.40. The number of nitrogens with zero attached hydrogens (tertiary/aromatic N) is 3. The SMILES string of the molecule is Cc1cc(Cl)ccc1NC(=O)[C@@H](C)n1ncc(N2CCCCC2)c(Cl)c1=O. The zero-order chi connectivity index (χ0) is 19.6. The summed E-state index contributed by atoms with van der Waals surface area (Å²) < 4.78 is 1.12. The van der Waals surface area contributed by atoms with Crippen LogP contribution in [0, 0.1) is 6.92 Å². The molecule has 1 aromatic heterocycles. The lowest BCUT2D eigenvalue weighted by Crippen LogP contribution is -2.36. The molecule has 144 valence electrons. The molecule has 6 nitrogen and oxygen atoms in total. The van der Waals surface area contributed by atoms with Crippen LogP contribution in [-0.4, -0.2) is 28.8 Å². The quantitative estimate of drug-likeness (QED) is 0.828. The van der Waals surface area contributed by atoms with Gasteiger partial charge in [-0.2, -0.15) is 5.10 Å². The van der Waals surface area contributed by atoms with Gasteiger partial charge in [-0.15, -0.1) is 0 Å². The fourth-order valence-electron chi connectivity index (χ4n) is 3.18. The van der Waals surface area contributed by atoms with Crippen LogP contribution >= 0.6 is 23.2 Å². The van der Waals surface area contributed by atoms with Crippen molar-refractivity contribution >= 4 is 40.5 Å². The van der Waals surface area contributed by atoms with E-state index >= 15 is 0 Å². The number of nitrogens with one attached hydrogen (secondary N) is 1. The van der Waals surface area contributed by atoms with Gasteiger partial charge in [-0.25, -0.2) is 4.68 Å². The molecule has 0 bridgehead atoms. The highest BCUT2D eigenvalue weighted by atomic mass is 35.5. The molecule has 0 aliphatic carbocycles. The molecule has 1 saturated heterocycles. The molecule has 1 N–H and O–H groups in total. The first kappa shape index (κ1) is 19.7. The number of benzene rings is 1. The van der Waals surface area contributed by atoms with E-state index in [4.69, 9.17) is 23.2 Å². The number of rotatable bonds is 4. The van der Waals surface area contributed by atoms with Gasteiger partial charge in [-0.05, 0) is 56.9 Å². The van der Waals surface area contributed by atoms with E-state index in [0.717, 1.165) is 36.2 Å². The van der Waals surface area contributed by atoms with E-state index in [1.54, 1.807) is 31.3 Å². The van der Waals surface area contributed by atoms with E-state index in [1.807, 2.05) is 6.92 Å². The fraction of sp³-hybridized carbons (Fsp3) is 0.421. The average molecular weight is 409 g/mol. The van der Waals surface area contributed by atoms with E-state index in [0.29, 0.717) is 16.4 Å². The summed E-state index contributed by atoms with van der Waals surface area (Å²) >= 11 is 12.3. The van der Waals surface area contributed by atoms with Crippen LogP contribution in [0.2, 0.25) is 10.0 Å². The topological polar surface area (TPSA) is 67.2 Å². The molecule has 1 fully saturated rings. The summed E-state index contributed by atoms with van der Waals surface area (Å²) in [4.78, 5) is 27.4. The van der Waals surface area contributed by atoms with Crippen LogP contribution in [0.25, 0.3) is 0 Å². The smallest absolute Gasteiger partial charge is 0.288 e. The second-order valence-electron chi connectivity index (χ2n) is 6.77. The molecule has 0 unspecified atom stereocenters. The summed E-state index contributed by atoms with van der Waals surface area (Å²) in [7, 11) is 0. The lowest BCUT2D eigenvalue weighted by molar-refractivity contribution is -0.119. The van der Waals surface area contributed by atoms with Crippen molar-refractivity contribution in [2.45, 2.75) is 39.2 Å². The summed E-state index contributed by atoms with van der Waals surface area (Å²) in [5.74, 6) is -0.350. The summed E-state index contributed by atoms with van der Waals surface area (Å²) in [6.07, 6.45) is 4.89. The van der Waals surface area contributed by atoms with Crippen molar-refractivity contribution < 1.29 is 4.79 Å². The molecule has 27 heavy (non-hydrogen) atoms. The molecule has 3 rings (SSSR count). The Kier molecular flexibility index (Phi) is 6.07. The van der Waals surface area contributed by atoms with Gasteiger partial charge in [0.2, 0.25) is 5.91 Å². The Labute approximate surface area is 168 Å². The lowest BCUT2D eigenvalue weighted by Gasteiger charge is -2.29. The highest BCUT2D eigenvalue weighted by molar-refractivity contribution is 6.33. The summed E-state index contributed by atoms with van der Waals surface area (Å²) in [6.45, 7) is 5.18. The molecule has 0 spiro atoms. The predicted molar refractivity (Wildman–Crippen MR) is 109 cm³/mol. The molecular formula is C19H22Cl2N4O2. The first-order chi connectivity index (χ1) is 12.9. The predicted octanol–water partition coefficient (Wildman–Crippen LogP) is 4.05. The van der Waals surface area contributed by atoms with Crippen molar-refractivity contribution in [1.29, 1.82) is 0 Å². The number of aromatic nitrogens is 2. The van der Waals surface area contributed by atoms with Gasteiger partial charge in [0.15, 0.2) is 0 Å². The van der Waals surface area contributed by atoms with Crippen LogP contribution in [0.3, 0.4) is 0 Å². The number of carbonyl (C=O) groups is 1. The summed E-state index contributed by atoms with van der Waals surface area (Å²) in [6, 6.07) is 4.38. The lowest BCUT2D eigenvalue weighted by atomic mass is 10.1. The van der Waals surface area contributed by atoms with Gasteiger partial charge >= 0.3 is 0 Å². The Bertz CT molecular complexity index is 907. The number of anilines is 2. The van der Waals surface area contributed by atoms with E-state index in [2.05, 4.69) is 15.3 Å². The number of amides is 1. The average Bonchev–Trinajstić information content (AvgIpc) is 2.66. The van der Waals surface area contributed by atoms with E-state index in [9.17, 15) is 9.59 Å². The Morgan fingerprint density at radius 2 is 1.93 bits per heavy atom. The van der Waals surface area contributed by atoms with E-state index in [1.165, 1.54) is 6.42 Å². The van der Waals surface area contributed by atoms with Crippen LogP contribution < -0.4 is 15.8 Å². The van der Waals surface area contributed by atoms with Gasteiger partial charge in [0.1, 0.15) is 11.1 Å². The monoisotopic (exact) mass is 408 g/mol. The van der Waals surface area contributed by atoms with Crippen molar-refractivity contribution in [1.82, 2.24) is 9.78 Å². The zero-order valence-electron chi connectivity index (χ0n) is 15.3. The number of hydrogen-bond donors (Lipinski definition) is 1. The van der Waals surface area contributed by atoms with Crippen molar-refractivity contribution in [3.63, 3.8) is 0 Å². The van der Waals surface area contributed by atoms with Gasteiger partial charge in [0, 0.05) is 23.8 Å². The molecule has 1 amide bonds. The third-order valence-electron chi connectivity index (χ3n) is 4.81. The van der Waals surface area contributed by atoms with Crippen LogP contribution in [0.4, 0.5) is 11.4 Å². The summed E-state index contributed by atoms with van der Waals surface area (Å²) in [5, 5.41) is 7.72. The van der Waals surface area contributed by atoms with E-state index < -0.39 is 11.6 Å². The maximum atomic E-state index is 12.7. The first-order valence-corrected chi connectivity index (χ1v) is 9.73. The van der Waals surface area contributed by atoms with Crippen molar-refractivity contribution in [2.75, 3.05) is 23.3 Å². The van der Waals surface area contributed by atoms with Crippen LogP contribution in [0.1, 0.15) is 37.8 Å². The maximum Gasteiger partial charge on any atom is 0.288 e. The molecule has 1 aliphatic rings. The van der Waals surface area contributed by atoms with Gasteiger partial charge < -0.3 is 10.2 Å². The van der Waals surface area contributed by atoms with Crippen LogP contribution in [0.15, 0.2) is 29.2 Å². The van der Waals surface area contributed by atoms with Crippen LogP contribution in [-0.2, 0) is 4.79 Å². The Hall–Kier alpha value is -2.05. The molecule has 0 radical (unpaired) electrons. The second kappa shape index (κ2) is 8.31. The Morgan fingerprint density at radius 1 is 1.22 bits per heavy atom. The van der Waals surface area contributed by atoms with Gasteiger partial charge in [-0.1, -0.05) is 23.2 Å². The second-order valence-corrected chi connectivity index (χ2v) is 7.58. The maximum absolute atomic E-state index is 12.7. The highest BCUT2D eigenvalue weighted by Crippen LogP contribution is 2.25. The molecule has 1 aliphatic heterocycles. The molecular weight excluding hydrogens is 387 g/mol. The molecule has 1 atom stereocenters. The molecule has 2 heterocycles. The summed E-state index contributed by atoms with van der Waals surface area (Å²) in [5.41, 5.74) is 1.65. The Morgan fingerprint density at radius 3 is 2.59 bits per heavy atom. The number of aryl methyl sites for hydroxylation is 1.